The number of aryl methyl sites for hydroxylation is 1. The van der Waals surface area contributed by atoms with E-state index >= 15 is 0 Å². The minimum absolute atomic E-state index is 0.112. The Morgan fingerprint density at radius 3 is 2.54 bits per heavy atom. The van der Waals surface area contributed by atoms with Gasteiger partial charge in [0.05, 0.1) is 29.9 Å². The van der Waals surface area contributed by atoms with Crippen LogP contribution in [0.4, 0.5) is 5.69 Å². The second kappa shape index (κ2) is 9.68. The maximum atomic E-state index is 6.52. The lowest BCUT2D eigenvalue weighted by Gasteiger charge is -2.28. The molecule has 178 valence electrons. The van der Waals surface area contributed by atoms with Gasteiger partial charge in [-0.2, -0.15) is 0 Å². The molecule has 0 radical (unpaired) electrons. The van der Waals surface area contributed by atoms with Crippen LogP contribution >= 0.6 is 23.8 Å². The van der Waals surface area contributed by atoms with Gasteiger partial charge in [0.25, 0.3) is 0 Å². The summed E-state index contributed by atoms with van der Waals surface area (Å²) < 4.78 is 7.70. The third-order valence-electron chi connectivity index (χ3n) is 6.53. The molecule has 5 rings (SSSR count). The van der Waals surface area contributed by atoms with E-state index in [4.69, 9.17) is 28.6 Å². The summed E-state index contributed by atoms with van der Waals surface area (Å²) in [7, 11) is 1.61. The second-order valence-electron chi connectivity index (χ2n) is 8.58. The van der Waals surface area contributed by atoms with Crippen LogP contribution in [-0.4, -0.2) is 26.8 Å². The number of ether oxygens (including phenoxy) is 1. The zero-order valence-electron chi connectivity index (χ0n) is 19.8. The predicted octanol–water partition coefficient (Wildman–Crippen LogP) is 5.78. The molecule has 1 aliphatic rings. The molecule has 1 N–H and O–H groups in total. The molecule has 8 heteroatoms. The van der Waals surface area contributed by atoms with Crippen LogP contribution in [-0.2, 0) is 6.54 Å². The molecule has 1 aliphatic heterocycles. The van der Waals surface area contributed by atoms with Gasteiger partial charge in [-0.1, -0.05) is 17.7 Å². The number of anilines is 1. The summed E-state index contributed by atoms with van der Waals surface area (Å²) in [5, 5.41) is 4.69. The summed E-state index contributed by atoms with van der Waals surface area (Å²) in [5.74, 6) is 0.627. The van der Waals surface area contributed by atoms with E-state index in [2.05, 4.69) is 44.7 Å². The quantitative estimate of drug-likeness (QED) is 0.336. The van der Waals surface area contributed by atoms with Crippen molar-refractivity contribution in [2.75, 3.05) is 12.0 Å². The maximum absolute atomic E-state index is 6.52. The molecule has 3 aromatic heterocycles. The summed E-state index contributed by atoms with van der Waals surface area (Å²) in [4.78, 5) is 10.9. The fraction of sp³-hybridized carbons (Fsp3) is 0.222. The number of aromatic nitrogens is 3. The van der Waals surface area contributed by atoms with Gasteiger partial charge in [0.2, 0.25) is 0 Å². The van der Waals surface area contributed by atoms with Crippen LogP contribution in [0.1, 0.15) is 40.3 Å². The first kappa shape index (κ1) is 23.3. The Morgan fingerprint density at radius 1 is 1.06 bits per heavy atom. The smallest absolute Gasteiger partial charge is 0.174 e. The van der Waals surface area contributed by atoms with E-state index in [9.17, 15) is 0 Å². The van der Waals surface area contributed by atoms with Crippen molar-refractivity contribution >= 4 is 34.6 Å². The molecule has 2 atom stereocenters. The van der Waals surface area contributed by atoms with Crippen molar-refractivity contribution in [3.63, 3.8) is 0 Å². The molecule has 4 heterocycles. The van der Waals surface area contributed by atoms with E-state index in [1.807, 2.05) is 67.1 Å². The lowest BCUT2D eigenvalue weighted by molar-refractivity contribution is 0.415. The molecule has 2 unspecified atom stereocenters. The van der Waals surface area contributed by atoms with E-state index in [-0.39, 0.29) is 12.1 Å². The maximum Gasteiger partial charge on any atom is 0.174 e. The summed E-state index contributed by atoms with van der Waals surface area (Å²) in [6.45, 7) is 5.08. The SMILES string of the molecule is COc1ccc(N2C(=S)NC(c3ccccn3)C2c2cc(C)n(Cc3ccncc3)c2C)cc1Cl. The third-order valence-corrected chi connectivity index (χ3v) is 7.14. The van der Waals surface area contributed by atoms with Crippen molar-refractivity contribution < 1.29 is 4.74 Å². The van der Waals surface area contributed by atoms with Gasteiger partial charge < -0.3 is 19.5 Å². The van der Waals surface area contributed by atoms with Gasteiger partial charge in [-0.15, -0.1) is 0 Å². The molecule has 0 aliphatic carbocycles. The largest absolute Gasteiger partial charge is 0.495 e. The first-order valence-electron chi connectivity index (χ1n) is 11.4. The van der Waals surface area contributed by atoms with Gasteiger partial charge in [-0.05, 0) is 85.7 Å². The Hall–Kier alpha value is -3.42. The molecule has 0 bridgehead atoms. The van der Waals surface area contributed by atoms with Gasteiger partial charge in [-0.25, -0.2) is 0 Å². The molecule has 0 spiro atoms. The number of rotatable bonds is 6. The molecular formula is C27H26ClN5OS. The highest BCUT2D eigenvalue weighted by Crippen LogP contribution is 2.44. The normalized spacial score (nSPS) is 17.5. The summed E-state index contributed by atoms with van der Waals surface area (Å²) in [5.41, 5.74) is 6.58. The van der Waals surface area contributed by atoms with Crippen molar-refractivity contribution in [2.45, 2.75) is 32.5 Å². The van der Waals surface area contributed by atoms with Crippen LogP contribution in [0.15, 0.2) is 73.2 Å². The first-order valence-corrected chi connectivity index (χ1v) is 12.2. The number of benzene rings is 1. The summed E-state index contributed by atoms with van der Waals surface area (Å²) in [6, 6.07) is 17.8. The van der Waals surface area contributed by atoms with Crippen molar-refractivity contribution in [1.29, 1.82) is 0 Å². The van der Waals surface area contributed by atoms with Crippen LogP contribution in [0.2, 0.25) is 5.02 Å². The molecule has 6 nitrogen and oxygen atoms in total. The number of halogens is 1. The number of methoxy groups -OCH3 is 1. The molecule has 0 amide bonds. The van der Waals surface area contributed by atoms with Gasteiger partial charge >= 0.3 is 0 Å². The summed E-state index contributed by atoms with van der Waals surface area (Å²) in [6.07, 6.45) is 5.47. The fourth-order valence-corrected chi connectivity index (χ4v) is 5.39. The van der Waals surface area contributed by atoms with Crippen LogP contribution < -0.4 is 15.0 Å². The highest BCUT2D eigenvalue weighted by molar-refractivity contribution is 7.80. The van der Waals surface area contributed by atoms with E-state index in [0.717, 1.165) is 17.9 Å². The summed E-state index contributed by atoms with van der Waals surface area (Å²) >= 11 is 12.4. The molecule has 1 saturated heterocycles. The minimum atomic E-state index is -0.126. The number of hydrogen-bond donors (Lipinski definition) is 1. The Balaban J connectivity index is 1.62. The topological polar surface area (TPSA) is 55.2 Å². The molecule has 1 fully saturated rings. The second-order valence-corrected chi connectivity index (χ2v) is 9.38. The number of nitrogens with one attached hydrogen (secondary N) is 1. The average molecular weight is 504 g/mol. The van der Waals surface area contributed by atoms with Crippen LogP contribution in [0, 0.1) is 13.8 Å². The number of pyridine rings is 2. The number of hydrogen-bond acceptors (Lipinski definition) is 4. The van der Waals surface area contributed by atoms with E-state index < -0.39 is 0 Å². The number of nitrogens with zero attached hydrogens (tertiary/aromatic N) is 4. The van der Waals surface area contributed by atoms with Crippen molar-refractivity contribution in [3.8, 4) is 5.75 Å². The highest BCUT2D eigenvalue weighted by Gasteiger charge is 2.42. The van der Waals surface area contributed by atoms with Crippen LogP contribution in [0.25, 0.3) is 0 Å². The van der Waals surface area contributed by atoms with Gasteiger partial charge in [-0.3, -0.25) is 9.97 Å². The lowest BCUT2D eigenvalue weighted by Crippen LogP contribution is -2.29. The van der Waals surface area contributed by atoms with Crippen LogP contribution in [0.3, 0.4) is 0 Å². The van der Waals surface area contributed by atoms with E-state index in [1.54, 1.807) is 7.11 Å². The Kier molecular flexibility index (Phi) is 6.45. The lowest BCUT2D eigenvalue weighted by atomic mass is 9.96. The minimum Gasteiger partial charge on any atom is -0.495 e. The third kappa shape index (κ3) is 4.37. The number of thiocarbonyl (C=S) groups is 1. The fourth-order valence-electron chi connectivity index (χ4n) is 4.80. The van der Waals surface area contributed by atoms with Gasteiger partial charge in [0.15, 0.2) is 5.11 Å². The molecule has 1 aromatic carbocycles. The Bertz CT molecular complexity index is 1360. The van der Waals surface area contributed by atoms with Crippen molar-refractivity contribution in [3.05, 3.63) is 106 Å². The van der Waals surface area contributed by atoms with Gasteiger partial charge in [0.1, 0.15) is 5.75 Å². The first-order chi connectivity index (χ1) is 17.0. The standard InChI is InChI=1S/C27H26ClN5OS/c1-17-14-21(18(2)32(17)16-19-9-12-29-13-10-19)26-25(23-6-4-5-11-30-23)31-27(35)33(26)20-7-8-24(34-3)22(28)15-20/h4-15,25-26H,16H2,1-3H3,(H,31,35). The average Bonchev–Trinajstić information content (AvgIpc) is 3.36. The zero-order valence-corrected chi connectivity index (χ0v) is 21.3. The predicted molar refractivity (Wildman–Crippen MR) is 143 cm³/mol. The molecule has 35 heavy (non-hydrogen) atoms. The molecule has 4 aromatic rings. The zero-order chi connectivity index (χ0) is 24.5. The molecular weight excluding hydrogens is 478 g/mol. The Labute approximate surface area is 215 Å². The van der Waals surface area contributed by atoms with Crippen molar-refractivity contribution in [1.82, 2.24) is 19.9 Å². The Morgan fingerprint density at radius 2 is 1.86 bits per heavy atom. The van der Waals surface area contributed by atoms with Gasteiger partial charge in [0, 0.05) is 42.2 Å². The molecule has 0 saturated carbocycles. The van der Waals surface area contributed by atoms with E-state index in [1.165, 1.54) is 22.5 Å². The van der Waals surface area contributed by atoms with Crippen LogP contribution in [0.5, 0.6) is 5.75 Å². The van der Waals surface area contributed by atoms with Crippen molar-refractivity contribution in [2.24, 2.45) is 0 Å². The van der Waals surface area contributed by atoms with E-state index in [0.29, 0.717) is 15.9 Å². The monoisotopic (exact) mass is 503 g/mol. The highest BCUT2D eigenvalue weighted by atomic mass is 35.5.